The number of hydrogen-bond donors (Lipinski definition) is 0. The molecule has 0 spiro atoms. The van der Waals surface area contributed by atoms with E-state index in [1.165, 1.54) is 0 Å². The second-order valence-electron chi connectivity index (χ2n) is 3.57. The van der Waals surface area contributed by atoms with E-state index in [0.29, 0.717) is 6.42 Å². The molecule has 0 aliphatic carbocycles. The molecule has 0 aromatic rings. The topological polar surface area (TPSA) is 26.3 Å². The van der Waals surface area contributed by atoms with Crippen LogP contribution in [0.4, 0.5) is 0 Å². The number of carbonyl (C=O) groups excluding carboxylic acids is 1. The van der Waals surface area contributed by atoms with Gasteiger partial charge in [0.05, 0.1) is 6.42 Å². The molecule has 3 heteroatoms. The van der Waals surface area contributed by atoms with E-state index in [1.807, 2.05) is 0 Å². The molecular weight excluding hydrogens is 208 g/mol. The molecule has 0 saturated carbocycles. The SMILES string of the molecule is CC1(C)CC(=O)O/C(=C/Br)C1. The van der Waals surface area contributed by atoms with E-state index in [-0.39, 0.29) is 11.4 Å². The maximum absolute atomic E-state index is 11.0. The Bertz CT molecular complexity index is 206. The summed E-state index contributed by atoms with van der Waals surface area (Å²) in [7, 11) is 0. The Morgan fingerprint density at radius 3 is 2.64 bits per heavy atom. The molecule has 0 atom stereocenters. The predicted octanol–water partition coefficient (Wildman–Crippen LogP) is 2.59. The van der Waals surface area contributed by atoms with Crippen LogP contribution < -0.4 is 0 Å². The number of rotatable bonds is 0. The second kappa shape index (κ2) is 2.97. The Morgan fingerprint density at radius 2 is 2.18 bits per heavy atom. The molecule has 0 bridgehead atoms. The van der Waals surface area contributed by atoms with Gasteiger partial charge in [-0.25, -0.2) is 0 Å². The van der Waals surface area contributed by atoms with Crippen LogP contribution in [0.5, 0.6) is 0 Å². The summed E-state index contributed by atoms with van der Waals surface area (Å²) >= 11 is 3.15. The fraction of sp³-hybridized carbons (Fsp3) is 0.625. The average Bonchev–Trinajstić information content (AvgIpc) is 1.83. The van der Waals surface area contributed by atoms with Gasteiger partial charge in [0.2, 0.25) is 0 Å². The van der Waals surface area contributed by atoms with E-state index in [9.17, 15) is 4.79 Å². The van der Waals surface area contributed by atoms with Crippen molar-refractivity contribution in [2.24, 2.45) is 5.41 Å². The van der Waals surface area contributed by atoms with Gasteiger partial charge >= 0.3 is 5.97 Å². The van der Waals surface area contributed by atoms with E-state index in [1.54, 1.807) is 4.99 Å². The van der Waals surface area contributed by atoms with Crippen LogP contribution in [-0.2, 0) is 9.53 Å². The molecule has 0 radical (unpaired) electrons. The van der Waals surface area contributed by atoms with E-state index >= 15 is 0 Å². The molecule has 0 aromatic heterocycles. The first-order valence-electron chi connectivity index (χ1n) is 3.53. The third-order valence-electron chi connectivity index (χ3n) is 1.64. The largest absolute Gasteiger partial charge is 0.430 e. The van der Waals surface area contributed by atoms with Gasteiger partial charge in [-0.05, 0) is 5.41 Å². The summed E-state index contributed by atoms with van der Waals surface area (Å²) in [4.78, 5) is 12.6. The second-order valence-corrected chi connectivity index (χ2v) is 4.03. The Hall–Kier alpha value is -0.310. The number of hydrogen-bond acceptors (Lipinski definition) is 2. The van der Waals surface area contributed by atoms with E-state index < -0.39 is 0 Å². The minimum Gasteiger partial charge on any atom is -0.430 e. The summed E-state index contributed by atoms with van der Waals surface area (Å²) in [5.74, 6) is 0.596. The van der Waals surface area contributed by atoms with Crippen LogP contribution in [0.15, 0.2) is 10.7 Å². The number of cyclic esters (lactones) is 1. The number of carbonyl (C=O) groups is 1. The number of ether oxygens (including phenoxy) is 1. The van der Waals surface area contributed by atoms with Gasteiger partial charge in [-0.15, -0.1) is 0 Å². The third kappa shape index (κ3) is 2.33. The summed E-state index contributed by atoms with van der Waals surface area (Å²) in [5.41, 5.74) is 0.0505. The minimum absolute atomic E-state index is 0.0505. The van der Waals surface area contributed by atoms with Gasteiger partial charge in [0.1, 0.15) is 5.76 Å². The van der Waals surface area contributed by atoms with Gasteiger partial charge < -0.3 is 4.74 Å². The van der Waals surface area contributed by atoms with Gasteiger partial charge in [-0.2, -0.15) is 0 Å². The van der Waals surface area contributed by atoms with Crippen molar-refractivity contribution in [1.29, 1.82) is 0 Å². The summed E-state index contributed by atoms with van der Waals surface area (Å²) in [5, 5.41) is 0. The van der Waals surface area contributed by atoms with Crippen molar-refractivity contribution >= 4 is 21.9 Å². The molecule has 1 aliphatic rings. The van der Waals surface area contributed by atoms with Crippen molar-refractivity contribution in [3.05, 3.63) is 10.7 Å². The Labute approximate surface area is 74.7 Å². The van der Waals surface area contributed by atoms with E-state index in [0.717, 1.165) is 12.2 Å². The smallest absolute Gasteiger partial charge is 0.311 e. The van der Waals surface area contributed by atoms with Gasteiger partial charge in [0, 0.05) is 11.4 Å². The zero-order valence-corrected chi connectivity index (χ0v) is 8.27. The van der Waals surface area contributed by atoms with E-state index in [2.05, 4.69) is 29.8 Å². The van der Waals surface area contributed by atoms with Crippen LogP contribution >= 0.6 is 15.9 Å². The summed E-state index contributed by atoms with van der Waals surface area (Å²) in [6.07, 6.45) is 1.33. The highest BCUT2D eigenvalue weighted by atomic mass is 79.9. The maximum atomic E-state index is 11.0. The molecule has 1 heterocycles. The van der Waals surface area contributed by atoms with Gasteiger partial charge in [0.25, 0.3) is 0 Å². The molecule has 0 aromatic carbocycles. The zero-order chi connectivity index (χ0) is 8.48. The minimum atomic E-state index is -0.132. The fourth-order valence-electron chi connectivity index (χ4n) is 1.20. The van der Waals surface area contributed by atoms with Crippen LogP contribution in [-0.4, -0.2) is 5.97 Å². The maximum Gasteiger partial charge on any atom is 0.311 e. The molecule has 11 heavy (non-hydrogen) atoms. The normalized spacial score (nSPS) is 26.8. The third-order valence-corrected chi connectivity index (χ3v) is 2.15. The van der Waals surface area contributed by atoms with Gasteiger partial charge in [0.15, 0.2) is 0 Å². The molecule has 1 rings (SSSR count). The first-order chi connectivity index (χ1) is 5.03. The average molecular weight is 219 g/mol. The van der Waals surface area contributed by atoms with Gasteiger partial charge in [-0.1, -0.05) is 29.8 Å². The lowest BCUT2D eigenvalue weighted by Gasteiger charge is -2.29. The standard InChI is InChI=1S/C8H11BrO2/c1-8(2)3-6(5-9)11-7(10)4-8/h5H,3-4H2,1-2H3/b6-5+. The lowest BCUT2D eigenvalue weighted by atomic mass is 9.83. The van der Waals surface area contributed by atoms with Crippen LogP contribution in [0.1, 0.15) is 26.7 Å². The quantitative estimate of drug-likeness (QED) is 0.585. The molecule has 0 unspecified atom stereocenters. The van der Waals surface area contributed by atoms with Crippen LogP contribution in [0, 0.1) is 5.41 Å². The molecule has 62 valence electrons. The zero-order valence-electron chi connectivity index (χ0n) is 6.69. The molecular formula is C8H11BrO2. The lowest BCUT2D eigenvalue weighted by Crippen LogP contribution is -2.25. The van der Waals surface area contributed by atoms with Crippen molar-refractivity contribution in [2.45, 2.75) is 26.7 Å². The lowest BCUT2D eigenvalue weighted by molar-refractivity contribution is -0.145. The molecule has 0 amide bonds. The van der Waals surface area contributed by atoms with Crippen molar-refractivity contribution in [2.75, 3.05) is 0 Å². The van der Waals surface area contributed by atoms with E-state index in [4.69, 9.17) is 4.74 Å². The van der Waals surface area contributed by atoms with Crippen molar-refractivity contribution in [1.82, 2.24) is 0 Å². The molecule has 1 aliphatic heterocycles. The first-order valence-corrected chi connectivity index (χ1v) is 4.45. The molecule has 2 nitrogen and oxygen atoms in total. The predicted molar refractivity (Wildman–Crippen MR) is 46.1 cm³/mol. The summed E-state index contributed by atoms with van der Waals surface area (Å²) < 4.78 is 4.95. The first kappa shape index (κ1) is 8.78. The summed E-state index contributed by atoms with van der Waals surface area (Å²) in [6, 6.07) is 0. The highest BCUT2D eigenvalue weighted by Gasteiger charge is 2.30. The molecule has 1 saturated heterocycles. The van der Waals surface area contributed by atoms with Crippen LogP contribution in [0.3, 0.4) is 0 Å². The number of allylic oxidation sites excluding steroid dienone is 1. The number of halogens is 1. The number of esters is 1. The highest BCUT2D eigenvalue weighted by molar-refractivity contribution is 9.11. The van der Waals surface area contributed by atoms with Crippen molar-refractivity contribution in [3.8, 4) is 0 Å². The molecule has 0 N–H and O–H groups in total. The monoisotopic (exact) mass is 218 g/mol. The fourth-order valence-corrected chi connectivity index (χ4v) is 1.46. The summed E-state index contributed by atoms with van der Waals surface area (Å²) in [6.45, 7) is 4.12. The van der Waals surface area contributed by atoms with Gasteiger partial charge in [-0.3, -0.25) is 4.79 Å². The Kier molecular flexibility index (Phi) is 2.37. The van der Waals surface area contributed by atoms with Crippen LogP contribution in [0.2, 0.25) is 0 Å². The molecule has 1 fully saturated rings. The Balaban J connectivity index is 2.74. The Morgan fingerprint density at radius 1 is 1.55 bits per heavy atom. The van der Waals surface area contributed by atoms with Crippen LogP contribution in [0.25, 0.3) is 0 Å². The van der Waals surface area contributed by atoms with Crippen molar-refractivity contribution in [3.63, 3.8) is 0 Å². The highest BCUT2D eigenvalue weighted by Crippen LogP contribution is 2.35. The van der Waals surface area contributed by atoms with Crippen molar-refractivity contribution < 1.29 is 9.53 Å².